The highest BCUT2D eigenvalue weighted by Gasteiger charge is 2.35. The first-order valence-corrected chi connectivity index (χ1v) is 19.4. The highest BCUT2D eigenvalue weighted by Crippen LogP contribution is 2.47. The minimum atomic E-state index is -0.180. The molecule has 2 aliphatic carbocycles. The van der Waals surface area contributed by atoms with Gasteiger partial charge >= 0.3 is 0 Å². The van der Waals surface area contributed by atoms with Gasteiger partial charge in [0.05, 0.1) is 0 Å². The van der Waals surface area contributed by atoms with E-state index < -0.39 is 0 Å². The third-order valence-corrected chi connectivity index (χ3v) is 11.6. The molecule has 54 heavy (non-hydrogen) atoms. The van der Waals surface area contributed by atoms with Crippen molar-refractivity contribution in [2.45, 2.75) is 65.2 Å². The van der Waals surface area contributed by atoms with E-state index in [9.17, 15) is 0 Å². The second kappa shape index (κ2) is 12.7. The van der Waals surface area contributed by atoms with E-state index >= 15 is 0 Å². The predicted molar refractivity (Wildman–Crippen MR) is 230 cm³/mol. The van der Waals surface area contributed by atoms with Crippen LogP contribution in [0.5, 0.6) is 0 Å². The smallest absolute Gasteiger partial charge is 0.0315 e. The van der Waals surface area contributed by atoms with E-state index in [4.69, 9.17) is 0 Å². The van der Waals surface area contributed by atoms with Crippen LogP contribution in [-0.4, -0.2) is 0 Å². The summed E-state index contributed by atoms with van der Waals surface area (Å²) in [5.41, 5.74) is 18.1. The monoisotopic (exact) mass is 695 g/mol. The molecule has 0 heterocycles. The zero-order chi connectivity index (χ0) is 37.4. The molecule has 0 aliphatic heterocycles. The van der Waals surface area contributed by atoms with E-state index in [2.05, 4.69) is 206 Å². The molecule has 0 amide bonds. The number of hydrogen-bond donors (Lipinski definition) is 0. The molecule has 1 unspecified atom stereocenters. The Kier molecular flexibility index (Phi) is 8.02. The van der Waals surface area contributed by atoms with Crippen molar-refractivity contribution in [2.24, 2.45) is 0 Å². The summed E-state index contributed by atoms with van der Waals surface area (Å²) in [5, 5.41) is 5.08. The molecule has 0 saturated heterocycles. The van der Waals surface area contributed by atoms with Crippen LogP contribution >= 0.6 is 0 Å². The molecule has 0 spiro atoms. The fraction of sp³-hybridized carbons (Fsp3) is 0.185. The lowest BCUT2D eigenvalue weighted by Gasteiger charge is -2.30. The van der Waals surface area contributed by atoms with E-state index in [1.807, 2.05) is 0 Å². The number of fused-ring (bicyclic) bond motifs is 5. The van der Waals surface area contributed by atoms with Crippen LogP contribution in [0.15, 0.2) is 151 Å². The van der Waals surface area contributed by atoms with Crippen LogP contribution in [0.25, 0.3) is 50.8 Å². The highest BCUT2D eigenvalue weighted by molar-refractivity contribution is 5.92. The molecule has 0 bridgehead atoms. The van der Waals surface area contributed by atoms with Crippen molar-refractivity contribution < 1.29 is 0 Å². The zero-order valence-electron chi connectivity index (χ0n) is 32.5. The summed E-state index contributed by atoms with van der Waals surface area (Å²) in [6, 6.07) is 54.1. The van der Waals surface area contributed by atoms with Crippen LogP contribution in [0, 0.1) is 0 Å². The molecular formula is C54H47. The molecule has 1 atom stereocenters. The van der Waals surface area contributed by atoms with Gasteiger partial charge in [-0.15, -0.1) is 0 Å². The summed E-state index contributed by atoms with van der Waals surface area (Å²) < 4.78 is 0. The van der Waals surface area contributed by atoms with Gasteiger partial charge in [-0.1, -0.05) is 181 Å². The maximum Gasteiger partial charge on any atom is 0.0315 e. The molecule has 2 aliphatic rings. The molecule has 263 valence electrons. The summed E-state index contributed by atoms with van der Waals surface area (Å²) in [5.74, 6) is 0.0834. The normalized spacial score (nSPS) is 14.6. The number of rotatable bonds is 4. The number of hydrogen-bond acceptors (Lipinski definition) is 0. The van der Waals surface area contributed by atoms with Crippen LogP contribution in [0.2, 0.25) is 0 Å². The first-order valence-electron chi connectivity index (χ1n) is 19.4. The molecule has 0 nitrogen and oxygen atoms in total. The Labute approximate surface area is 320 Å². The van der Waals surface area contributed by atoms with E-state index in [1.165, 1.54) is 99.1 Å². The molecule has 1 radical (unpaired) electrons. The van der Waals surface area contributed by atoms with Crippen LogP contribution in [0.4, 0.5) is 0 Å². The summed E-state index contributed by atoms with van der Waals surface area (Å²) in [6.45, 7) is 16.4. The van der Waals surface area contributed by atoms with Crippen molar-refractivity contribution >= 4 is 28.5 Å². The molecule has 0 fully saturated rings. The van der Waals surface area contributed by atoms with Gasteiger partial charge < -0.3 is 0 Å². The lowest BCUT2D eigenvalue weighted by Crippen LogP contribution is -2.34. The Morgan fingerprint density at radius 3 is 1.89 bits per heavy atom. The number of allylic oxidation sites excluding steroid dienone is 1. The summed E-state index contributed by atoms with van der Waals surface area (Å²) >= 11 is 0. The minimum absolute atomic E-state index is 0.0422. The second-order valence-electron chi connectivity index (χ2n) is 17.3. The van der Waals surface area contributed by atoms with Crippen LogP contribution < -0.4 is 10.4 Å². The largest absolute Gasteiger partial charge is 0.0622 e. The van der Waals surface area contributed by atoms with Crippen molar-refractivity contribution in [1.29, 1.82) is 0 Å². The molecule has 0 N–H and O–H groups in total. The fourth-order valence-corrected chi connectivity index (χ4v) is 9.06. The lowest BCUT2D eigenvalue weighted by molar-refractivity contribution is 0.575. The van der Waals surface area contributed by atoms with Crippen molar-refractivity contribution in [1.82, 2.24) is 0 Å². The second-order valence-corrected chi connectivity index (χ2v) is 17.3. The van der Waals surface area contributed by atoms with E-state index in [0.29, 0.717) is 0 Å². The van der Waals surface area contributed by atoms with Gasteiger partial charge in [-0.2, -0.15) is 0 Å². The van der Waals surface area contributed by atoms with Crippen molar-refractivity contribution in [3.8, 4) is 22.3 Å². The Bertz CT molecular complexity index is 2720. The Morgan fingerprint density at radius 1 is 0.556 bits per heavy atom. The van der Waals surface area contributed by atoms with Gasteiger partial charge in [0.25, 0.3) is 0 Å². The summed E-state index contributed by atoms with van der Waals surface area (Å²) in [4.78, 5) is 0. The Balaban J connectivity index is 1.41. The average Bonchev–Trinajstić information content (AvgIpc) is 3.70. The van der Waals surface area contributed by atoms with Crippen LogP contribution in [0.1, 0.15) is 98.9 Å². The quantitative estimate of drug-likeness (QED) is 0.172. The Hall–Kier alpha value is -5.72. The summed E-state index contributed by atoms with van der Waals surface area (Å²) in [7, 11) is 0. The van der Waals surface area contributed by atoms with E-state index in [-0.39, 0.29) is 16.7 Å². The van der Waals surface area contributed by atoms with Crippen molar-refractivity contribution in [3.63, 3.8) is 0 Å². The molecular weight excluding hydrogens is 649 g/mol. The topological polar surface area (TPSA) is 0 Å². The van der Waals surface area contributed by atoms with Gasteiger partial charge in [-0.25, -0.2) is 0 Å². The third kappa shape index (κ3) is 5.68. The van der Waals surface area contributed by atoms with Gasteiger partial charge in [-0.05, 0) is 136 Å². The van der Waals surface area contributed by atoms with E-state index in [1.54, 1.807) is 0 Å². The molecule has 0 heteroatoms. The number of benzene rings is 7. The van der Waals surface area contributed by atoms with Gasteiger partial charge in [0.1, 0.15) is 0 Å². The fourth-order valence-electron chi connectivity index (χ4n) is 9.06. The first-order chi connectivity index (χ1) is 26.0. The van der Waals surface area contributed by atoms with Gasteiger partial charge in [-0.3, -0.25) is 0 Å². The molecule has 0 saturated carbocycles. The van der Waals surface area contributed by atoms with Gasteiger partial charge in [0.15, 0.2) is 0 Å². The standard InChI is InChI=1S/C54H47/c1-34-29-45-42(39-26-25-35-17-14-15-22-38(35)30-39)23-16-24-44(45)49(34)51-47-32-40-31-41(53(2,3)4)27-28-43(40)46(47)33-48(52(51)54(5,6)7)50(36-18-10-8-11-19-36)37-20-12-9-13-21-37/h8-31,33,49H,1-7H3. The SMILES string of the molecule is CC1=Cc2c(-c3ccc4ccccc4c3)cccc2C1c1c(C(C)(C)C)c(=C(c2ccccc2)c2ccccc2)cc2c1=[C]c1cc(C(C)(C)C)ccc1-2. The van der Waals surface area contributed by atoms with Gasteiger partial charge in [0, 0.05) is 5.92 Å². The molecule has 7 aromatic rings. The summed E-state index contributed by atoms with van der Waals surface area (Å²) in [6.07, 6.45) is 6.54. The molecule has 9 rings (SSSR count). The maximum atomic E-state index is 4.08. The predicted octanol–water partition coefficient (Wildman–Crippen LogP) is 12.6. The van der Waals surface area contributed by atoms with Crippen LogP contribution in [-0.2, 0) is 10.8 Å². The lowest BCUT2D eigenvalue weighted by atomic mass is 9.73. The molecule has 7 aromatic carbocycles. The van der Waals surface area contributed by atoms with Crippen LogP contribution in [0.3, 0.4) is 0 Å². The zero-order valence-corrected chi connectivity index (χ0v) is 32.5. The Morgan fingerprint density at radius 2 is 1.22 bits per heavy atom. The van der Waals surface area contributed by atoms with E-state index in [0.717, 1.165) is 0 Å². The van der Waals surface area contributed by atoms with Crippen molar-refractivity contribution in [2.75, 3.05) is 0 Å². The third-order valence-electron chi connectivity index (χ3n) is 11.6. The van der Waals surface area contributed by atoms with Gasteiger partial charge in [0.2, 0.25) is 0 Å². The first kappa shape index (κ1) is 34.1. The minimum Gasteiger partial charge on any atom is -0.0622 e. The average molecular weight is 696 g/mol. The molecule has 0 aromatic heterocycles. The maximum absolute atomic E-state index is 4.08. The highest BCUT2D eigenvalue weighted by atomic mass is 14.4. The van der Waals surface area contributed by atoms with Crippen molar-refractivity contribution in [3.05, 3.63) is 206 Å².